The van der Waals surface area contributed by atoms with Crippen molar-refractivity contribution in [3.05, 3.63) is 39.3 Å². The van der Waals surface area contributed by atoms with Crippen LogP contribution in [0.1, 0.15) is 74.8 Å². The molecule has 1 amide bonds. The molecule has 0 bridgehead atoms. The second kappa shape index (κ2) is 7.81. The van der Waals surface area contributed by atoms with Gasteiger partial charge in [-0.15, -0.1) is 0 Å². The molecule has 152 valence electrons. The van der Waals surface area contributed by atoms with Crippen molar-refractivity contribution in [2.45, 2.75) is 64.5 Å². The van der Waals surface area contributed by atoms with E-state index in [0.29, 0.717) is 37.8 Å². The fourth-order valence-corrected chi connectivity index (χ4v) is 3.61. The zero-order chi connectivity index (χ0) is 20.5. The summed E-state index contributed by atoms with van der Waals surface area (Å²) in [4.78, 5) is 38.3. The topological polar surface area (TPSA) is 88.8 Å². The Kier molecular flexibility index (Phi) is 5.63. The van der Waals surface area contributed by atoms with Gasteiger partial charge in [-0.1, -0.05) is 0 Å². The molecule has 0 unspecified atom stereocenters. The van der Waals surface area contributed by atoms with Crippen LogP contribution >= 0.6 is 0 Å². The lowest BCUT2D eigenvalue weighted by Gasteiger charge is -2.34. The molecule has 0 atom stereocenters. The second-order valence-electron chi connectivity index (χ2n) is 8.48. The molecule has 1 saturated heterocycles. The summed E-state index contributed by atoms with van der Waals surface area (Å²) in [5.74, 6) is 0.0670. The average Bonchev–Trinajstić information content (AvgIpc) is 2.58. The van der Waals surface area contributed by atoms with Crippen LogP contribution in [0.4, 0.5) is 4.79 Å². The fraction of sp³-hybridized carbons (Fsp3) is 0.571. The number of aromatic nitrogens is 1. The number of aldehydes is 1. The van der Waals surface area contributed by atoms with Gasteiger partial charge in [0.25, 0.3) is 5.56 Å². The number of nitrogens with zero attached hydrogens (tertiary/aromatic N) is 2. The lowest BCUT2D eigenvalue weighted by molar-refractivity contribution is 0.0187. The van der Waals surface area contributed by atoms with E-state index in [2.05, 4.69) is 0 Å². The number of rotatable bonds is 3. The summed E-state index contributed by atoms with van der Waals surface area (Å²) in [6.07, 6.45) is 5.65. The van der Waals surface area contributed by atoms with Gasteiger partial charge in [0.1, 0.15) is 11.4 Å². The third-order valence-electron chi connectivity index (χ3n) is 5.33. The van der Waals surface area contributed by atoms with Gasteiger partial charge in [0, 0.05) is 30.9 Å². The maximum atomic E-state index is 12.8. The smallest absolute Gasteiger partial charge is 0.410 e. The van der Waals surface area contributed by atoms with E-state index >= 15 is 0 Å². The molecular formula is C21H28N2O5. The Hall–Kier alpha value is -2.57. The van der Waals surface area contributed by atoms with Crippen molar-refractivity contribution in [1.82, 2.24) is 9.47 Å². The molecule has 1 aromatic heterocycles. The molecule has 0 spiro atoms. The van der Waals surface area contributed by atoms with Crippen LogP contribution in [-0.2, 0) is 4.74 Å². The Bertz CT molecular complexity index is 849. The Morgan fingerprint density at radius 2 is 1.89 bits per heavy atom. The second-order valence-corrected chi connectivity index (χ2v) is 8.48. The molecule has 1 N–H and O–H groups in total. The van der Waals surface area contributed by atoms with Crippen molar-refractivity contribution in [2.75, 3.05) is 13.1 Å². The van der Waals surface area contributed by atoms with Crippen LogP contribution in [0, 0.1) is 0 Å². The van der Waals surface area contributed by atoms with E-state index < -0.39 is 11.2 Å². The third-order valence-corrected chi connectivity index (χ3v) is 5.33. The average molecular weight is 388 g/mol. The first-order valence-electron chi connectivity index (χ1n) is 9.81. The number of piperidine rings is 1. The number of aliphatic hydroxyl groups excluding tert-OH is 1. The summed E-state index contributed by atoms with van der Waals surface area (Å²) in [7, 11) is 0. The minimum atomic E-state index is -0.545. The number of ether oxygens (including phenoxy) is 1. The Morgan fingerprint density at radius 3 is 2.39 bits per heavy atom. The lowest BCUT2D eigenvalue weighted by atomic mass is 9.88. The lowest BCUT2D eigenvalue weighted by Crippen LogP contribution is -2.43. The number of likely N-dealkylation sites (tertiary alicyclic amines) is 1. The van der Waals surface area contributed by atoms with Crippen LogP contribution in [0.25, 0.3) is 5.76 Å². The van der Waals surface area contributed by atoms with E-state index in [-0.39, 0.29) is 23.5 Å². The van der Waals surface area contributed by atoms with Gasteiger partial charge in [0.15, 0.2) is 6.29 Å². The van der Waals surface area contributed by atoms with Gasteiger partial charge in [-0.3, -0.25) is 9.59 Å². The molecule has 2 aliphatic rings. The summed E-state index contributed by atoms with van der Waals surface area (Å²) in [5.41, 5.74) is 0.267. The highest BCUT2D eigenvalue weighted by Gasteiger charge is 2.29. The quantitative estimate of drug-likeness (QED) is 0.630. The Labute approximate surface area is 164 Å². The van der Waals surface area contributed by atoms with Crippen LogP contribution in [0.3, 0.4) is 0 Å². The van der Waals surface area contributed by atoms with Crippen molar-refractivity contribution < 1.29 is 19.4 Å². The standard InChI is InChI=1S/C21H28N2O5/c1-21(2,3)28-20(27)22-10-7-15(8-11-22)23-12-9-16(17(13-24)19(23)26)18(25)14-5-4-6-14/h9,12-13,15,25H,4-8,10-11H2,1-3H3. The molecule has 3 rings (SSSR count). The zero-order valence-electron chi connectivity index (χ0n) is 16.7. The summed E-state index contributed by atoms with van der Waals surface area (Å²) in [5, 5.41) is 10.4. The minimum absolute atomic E-state index is 0.00558. The van der Waals surface area contributed by atoms with Crippen molar-refractivity contribution in [1.29, 1.82) is 0 Å². The number of hydrogen-bond donors (Lipinski definition) is 1. The molecule has 2 heterocycles. The maximum absolute atomic E-state index is 12.8. The maximum Gasteiger partial charge on any atom is 0.410 e. The van der Waals surface area contributed by atoms with Gasteiger partial charge in [0.05, 0.1) is 5.56 Å². The number of carbonyl (C=O) groups excluding carboxylic acids is 2. The van der Waals surface area contributed by atoms with E-state index in [1.54, 1.807) is 21.7 Å². The first-order valence-corrected chi connectivity index (χ1v) is 9.81. The van der Waals surface area contributed by atoms with Crippen LogP contribution in [-0.4, -0.2) is 45.6 Å². The van der Waals surface area contributed by atoms with Gasteiger partial charge < -0.3 is 19.3 Å². The Balaban J connectivity index is 1.76. The van der Waals surface area contributed by atoms with E-state index in [4.69, 9.17) is 4.74 Å². The zero-order valence-corrected chi connectivity index (χ0v) is 16.7. The van der Waals surface area contributed by atoms with Crippen LogP contribution < -0.4 is 5.56 Å². The number of allylic oxidation sites excluding steroid dienone is 1. The number of hydrogen-bond acceptors (Lipinski definition) is 5. The van der Waals surface area contributed by atoms with Crippen molar-refractivity contribution >= 4 is 18.1 Å². The van der Waals surface area contributed by atoms with E-state index in [1.807, 2.05) is 20.8 Å². The van der Waals surface area contributed by atoms with Crippen molar-refractivity contribution in [3.63, 3.8) is 0 Å². The van der Waals surface area contributed by atoms with Gasteiger partial charge in [-0.05, 0) is 64.5 Å². The summed E-state index contributed by atoms with van der Waals surface area (Å²) >= 11 is 0. The largest absolute Gasteiger partial charge is 0.507 e. The number of carbonyl (C=O) groups is 2. The molecule has 0 aromatic carbocycles. The highest BCUT2D eigenvalue weighted by atomic mass is 16.6. The van der Waals surface area contributed by atoms with E-state index in [1.165, 1.54) is 0 Å². The molecule has 7 nitrogen and oxygen atoms in total. The number of amides is 1. The molecule has 1 aliphatic heterocycles. The first kappa shape index (κ1) is 20.2. The fourth-order valence-electron chi connectivity index (χ4n) is 3.61. The molecule has 1 saturated carbocycles. The third kappa shape index (κ3) is 4.13. The first-order chi connectivity index (χ1) is 13.2. The van der Waals surface area contributed by atoms with Crippen LogP contribution in [0.2, 0.25) is 0 Å². The summed E-state index contributed by atoms with van der Waals surface area (Å²) < 4.78 is 6.95. The Morgan fingerprint density at radius 1 is 1.25 bits per heavy atom. The molecular weight excluding hydrogens is 360 g/mol. The van der Waals surface area contributed by atoms with Crippen LogP contribution in [0.15, 0.2) is 22.6 Å². The SMILES string of the molecule is CC(C)(C)OC(=O)N1CCC(n2ccc(C(O)=C3CCC3)c(C=O)c2=O)CC1. The normalized spacial score (nSPS) is 17.8. The molecule has 1 aliphatic carbocycles. The van der Waals surface area contributed by atoms with Gasteiger partial charge in [-0.25, -0.2) is 4.79 Å². The van der Waals surface area contributed by atoms with Crippen LogP contribution in [0.5, 0.6) is 0 Å². The molecule has 28 heavy (non-hydrogen) atoms. The molecule has 7 heteroatoms. The highest BCUT2D eigenvalue weighted by molar-refractivity contribution is 5.84. The molecule has 2 fully saturated rings. The van der Waals surface area contributed by atoms with Crippen molar-refractivity contribution in [2.24, 2.45) is 0 Å². The van der Waals surface area contributed by atoms with Gasteiger partial charge in [-0.2, -0.15) is 0 Å². The number of pyridine rings is 1. The van der Waals surface area contributed by atoms with Crippen molar-refractivity contribution in [3.8, 4) is 0 Å². The summed E-state index contributed by atoms with van der Waals surface area (Å²) in [6, 6.07) is 1.55. The minimum Gasteiger partial charge on any atom is -0.507 e. The van der Waals surface area contributed by atoms with E-state index in [0.717, 1.165) is 24.8 Å². The predicted octanol–water partition coefficient (Wildman–Crippen LogP) is 3.69. The highest BCUT2D eigenvalue weighted by Crippen LogP contribution is 2.32. The molecule has 1 aromatic rings. The van der Waals surface area contributed by atoms with Gasteiger partial charge >= 0.3 is 6.09 Å². The number of aliphatic hydroxyl groups is 1. The molecule has 0 radical (unpaired) electrons. The van der Waals surface area contributed by atoms with E-state index in [9.17, 15) is 19.5 Å². The monoisotopic (exact) mass is 388 g/mol. The summed E-state index contributed by atoms with van der Waals surface area (Å²) in [6.45, 7) is 6.45. The van der Waals surface area contributed by atoms with Gasteiger partial charge in [0.2, 0.25) is 0 Å². The predicted molar refractivity (Wildman–Crippen MR) is 106 cm³/mol.